The van der Waals surface area contributed by atoms with Gasteiger partial charge in [0.15, 0.2) is 5.96 Å². The van der Waals surface area contributed by atoms with Gasteiger partial charge in [-0.1, -0.05) is 12.5 Å². The average molecular weight is 424 g/mol. The number of benzene rings is 1. The van der Waals surface area contributed by atoms with E-state index in [0.717, 1.165) is 38.8 Å². The number of amides is 1. The lowest BCUT2D eigenvalue weighted by molar-refractivity contribution is -0.130. The number of hydrogen-bond donors (Lipinski definition) is 2. The molecule has 0 aliphatic carbocycles. The summed E-state index contributed by atoms with van der Waals surface area (Å²) in [6.07, 6.45) is 4.64. The second-order valence-electron chi connectivity index (χ2n) is 7.81. The predicted octanol–water partition coefficient (Wildman–Crippen LogP) is 2.92. The Kier molecular flexibility index (Phi) is 10.00. The summed E-state index contributed by atoms with van der Waals surface area (Å²) >= 11 is 0. The van der Waals surface area contributed by atoms with Crippen LogP contribution in [-0.2, 0) is 4.79 Å². The first-order chi connectivity index (χ1) is 14.4. The fourth-order valence-corrected chi connectivity index (χ4v) is 3.61. The first-order valence-corrected chi connectivity index (χ1v) is 10.8. The number of guanidine groups is 1. The molecular formula is C22H35F2N5O. The standard InChI is InChI=1S/C22H35F2N5O/c1-4-25-22(26-13-9-15-29-14-7-5-6-12-20(29)30)27-16-19(28(2)3)21-17(23)10-8-11-18(21)24/h8,10-11,19H,4-7,9,12-16H2,1-3H3,(H2,25,26,27). The maximum Gasteiger partial charge on any atom is 0.222 e. The van der Waals surface area contributed by atoms with Gasteiger partial charge < -0.3 is 20.4 Å². The van der Waals surface area contributed by atoms with Crippen LogP contribution in [0.3, 0.4) is 0 Å². The Bertz CT molecular complexity index is 691. The number of likely N-dealkylation sites (tertiary alicyclic amines) is 1. The van der Waals surface area contributed by atoms with Gasteiger partial charge in [-0.3, -0.25) is 9.79 Å². The molecule has 1 saturated heterocycles. The zero-order valence-corrected chi connectivity index (χ0v) is 18.4. The van der Waals surface area contributed by atoms with Crippen LogP contribution < -0.4 is 10.6 Å². The van der Waals surface area contributed by atoms with Crippen LogP contribution in [0, 0.1) is 11.6 Å². The lowest BCUT2D eigenvalue weighted by Gasteiger charge is -2.24. The summed E-state index contributed by atoms with van der Waals surface area (Å²) < 4.78 is 28.5. The van der Waals surface area contributed by atoms with Crippen molar-refractivity contribution >= 4 is 11.9 Å². The summed E-state index contributed by atoms with van der Waals surface area (Å²) in [5.41, 5.74) is 0.0294. The highest BCUT2D eigenvalue weighted by atomic mass is 19.1. The van der Waals surface area contributed by atoms with Crippen molar-refractivity contribution in [1.29, 1.82) is 0 Å². The lowest BCUT2D eigenvalue weighted by Crippen LogP contribution is -2.40. The van der Waals surface area contributed by atoms with Gasteiger partial charge in [-0.05, 0) is 52.4 Å². The van der Waals surface area contributed by atoms with Crippen LogP contribution in [0.4, 0.5) is 8.78 Å². The summed E-state index contributed by atoms with van der Waals surface area (Å²) in [5, 5.41) is 6.43. The van der Waals surface area contributed by atoms with Gasteiger partial charge in [0.1, 0.15) is 11.6 Å². The van der Waals surface area contributed by atoms with Gasteiger partial charge in [-0.25, -0.2) is 8.78 Å². The Balaban J connectivity index is 1.94. The number of halogens is 2. The van der Waals surface area contributed by atoms with E-state index in [1.54, 1.807) is 19.0 Å². The van der Waals surface area contributed by atoms with Gasteiger partial charge in [0.2, 0.25) is 5.91 Å². The molecule has 1 unspecified atom stereocenters. The largest absolute Gasteiger partial charge is 0.357 e. The molecule has 2 N–H and O–H groups in total. The first-order valence-electron chi connectivity index (χ1n) is 10.8. The topological polar surface area (TPSA) is 60.0 Å². The third-order valence-electron chi connectivity index (χ3n) is 5.29. The van der Waals surface area contributed by atoms with E-state index in [9.17, 15) is 13.6 Å². The fourth-order valence-electron chi connectivity index (χ4n) is 3.61. The van der Waals surface area contributed by atoms with Crippen LogP contribution in [0.25, 0.3) is 0 Å². The van der Waals surface area contributed by atoms with Crippen molar-refractivity contribution < 1.29 is 13.6 Å². The van der Waals surface area contributed by atoms with Crippen molar-refractivity contribution in [2.24, 2.45) is 4.99 Å². The Labute approximate surface area is 178 Å². The Morgan fingerprint density at radius 3 is 2.60 bits per heavy atom. The molecule has 1 heterocycles. The number of hydrogen-bond acceptors (Lipinski definition) is 3. The van der Waals surface area contributed by atoms with Gasteiger partial charge in [0.05, 0.1) is 12.6 Å². The van der Waals surface area contributed by atoms with Gasteiger partial charge in [0.25, 0.3) is 0 Å². The third kappa shape index (κ3) is 7.23. The summed E-state index contributed by atoms with van der Waals surface area (Å²) in [6.45, 7) is 5.09. The number of aliphatic imine (C=N–C) groups is 1. The van der Waals surface area contributed by atoms with Crippen molar-refractivity contribution in [2.75, 3.05) is 46.8 Å². The van der Waals surface area contributed by atoms with Gasteiger partial charge in [-0.2, -0.15) is 0 Å². The molecule has 1 amide bonds. The number of rotatable bonds is 9. The van der Waals surface area contributed by atoms with E-state index < -0.39 is 17.7 Å². The van der Waals surface area contributed by atoms with Crippen LogP contribution in [0.15, 0.2) is 23.2 Å². The van der Waals surface area contributed by atoms with E-state index in [2.05, 4.69) is 15.6 Å². The van der Waals surface area contributed by atoms with Crippen molar-refractivity contribution in [1.82, 2.24) is 20.4 Å². The normalized spacial score (nSPS) is 16.5. The summed E-state index contributed by atoms with van der Waals surface area (Å²) in [7, 11) is 3.56. The third-order valence-corrected chi connectivity index (χ3v) is 5.29. The van der Waals surface area contributed by atoms with E-state index >= 15 is 0 Å². The molecule has 30 heavy (non-hydrogen) atoms. The lowest BCUT2D eigenvalue weighted by atomic mass is 10.0. The highest BCUT2D eigenvalue weighted by Crippen LogP contribution is 2.24. The smallest absolute Gasteiger partial charge is 0.222 e. The van der Waals surface area contributed by atoms with E-state index in [0.29, 0.717) is 25.5 Å². The second-order valence-corrected chi connectivity index (χ2v) is 7.81. The number of nitrogens with zero attached hydrogens (tertiary/aromatic N) is 3. The zero-order valence-electron chi connectivity index (χ0n) is 18.4. The maximum atomic E-state index is 14.2. The molecular weight excluding hydrogens is 388 g/mol. The van der Waals surface area contributed by atoms with E-state index in [1.807, 2.05) is 11.8 Å². The summed E-state index contributed by atoms with van der Waals surface area (Å²) in [5.74, 6) is -0.287. The molecule has 1 fully saturated rings. The molecule has 0 radical (unpaired) electrons. The van der Waals surface area contributed by atoms with Crippen LogP contribution in [0.2, 0.25) is 0 Å². The van der Waals surface area contributed by atoms with E-state index in [1.165, 1.54) is 18.2 Å². The molecule has 1 atom stereocenters. The predicted molar refractivity (Wildman–Crippen MR) is 116 cm³/mol. The van der Waals surface area contributed by atoms with Gasteiger partial charge in [0, 0.05) is 38.2 Å². The fraction of sp³-hybridized carbons (Fsp3) is 0.636. The maximum absolute atomic E-state index is 14.2. The number of carbonyl (C=O) groups excluding carboxylic acids is 1. The summed E-state index contributed by atoms with van der Waals surface area (Å²) in [4.78, 5) is 20.3. The highest BCUT2D eigenvalue weighted by Gasteiger charge is 2.22. The van der Waals surface area contributed by atoms with Crippen LogP contribution in [-0.4, -0.2) is 68.5 Å². The van der Waals surface area contributed by atoms with Crippen molar-refractivity contribution in [3.05, 3.63) is 35.4 Å². The van der Waals surface area contributed by atoms with Crippen LogP contribution in [0.5, 0.6) is 0 Å². The van der Waals surface area contributed by atoms with Crippen molar-refractivity contribution in [2.45, 2.75) is 45.1 Å². The van der Waals surface area contributed by atoms with Crippen LogP contribution >= 0.6 is 0 Å². The Hall–Kier alpha value is -2.22. The van der Waals surface area contributed by atoms with E-state index in [4.69, 9.17) is 0 Å². The molecule has 168 valence electrons. The minimum atomic E-state index is -0.566. The Morgan fingerprint density at radius 2 is 1.93 bits per heavy atom. The molecule has 1 aliphatic rings. The molecule has 2 rings (SSSR count). The van der Waals surface area contributed by atoms with Crippen molar-refractivity contribution in [3.63, 3.8) is 0 Å². The average Bonchev–Trinajstić information content (AvgIpc) is 2.91. The zero-order chi connectivity index (χ0) is 21.9. The molecule has 0 spiro atoms. The molecule has 0 saturated carbocycles. The molecule has 8 heteroatoms. The second kappa shape index (κ2) is 12.5. The first kappa shape index (κ1) is 24.1. The van der Waals surface area contributed by atoms with Gasteiger partial charge in [-0.15, -0.1) is 0 Å². The number of carbonyl (C=O) groups is 1. The molecule has 1 aliphatic heterocycles. The molecule has 1 aromatic rings. The number of nitrogens with one attached hydrogen (secondary N) is 2. The minimum Gasteiger partial charge on any atom is -0.357 e. The van der Waals surface area contributed by atoms with Gasteiger partial charge >= 0.3 is 0 Å². The molecule has 0 bridgehead atoms. The minimum absolute atomic E-state index is 0.0294. The molecule has 6 nitrogen and oxygen atoms in total. The van der Waals surface area contributed by atoms with Crippen molar-refractivity contribution in [3.8, 4) is 0 Å². The quantitative estimate of drug-likeness (QED) is 0.364. The molecule has 1 aromatic carbocycles. The van der Waals surface area contributed by atoms with E-state index in [-0.39, 0.29) is 18.0 Å². The molecule has 0 aromatic heterocycles. The monoisotopic (exact) mass is 423 g/mol. The van der Waals surface area contributed by atoms with Crippen LogP contribution in [0.1, 0.15) is 50.6 Å². The number of likely N-dealkylation sites (N-methyl/N-ethyl adjacent to an activating group) is 1. The summed E-state index contributed by atoms with van der Waals surface area (Å²) in [6, 6.07) is 3.39. The SMILES string of the molecule is CCNC(=NCC(c1c(F)cccc1F)N(C)C)NCCCN1CCCCCC1=O. The Morgan fingerprint density at radius 1 is 1.20 bits per heavy atom. The highest BCUT2D eigenvalue weighted by molar-refractivity contribution is 5.79.